The molecule has 0 fully saturated rings. The summed E-state index contributed by atoms with van der Waals surface area (Å²) in [6.45, 7) is 8.20. The van der Waals surface area contributed by atoms with Gasteiger partial charge in [0, 0.05) is 12.1 Å². The number of aryl methyl sites for hydroxylation is 2. The SMILES string of the molecule is CC.CC.O=C1CNc2c(CCc3ncc(C(=O)Nc4ccccc4)s3)ncnc2N1. The number of hydrogen-bond donors (Lipinski definition) is 3. The average molecular weight is 441 g/mol. The Hall–Kier alpha value is -3.33. The molecule has 1 aromatic carbocycles. The van der Waals surface area contributed by atoms with Crippen molar-refractivity contribution in [2.75, 3.05) is 22.5 Å². The fourth-order valence-corrected chi connectivity index (χ4v) is 3.52. The largest absolute Gasteiger partial charge is 0.372 e. The zero-order valence-corrected chi connectivity index (χ0v) is 19.0. The van der Waals surface area contributed by atoms with Gasteiger partial charge in [0.2, 0.25) is 5.91 Å². The predicted molar refractivity (Wildman–Crippen MR) is 126 cm³/mol. The summed E-state index contributed by atoms with van der Waals surface area (Å²) in [6, 6.07) is 9.31. The number of anilines is 3. The molecule has 8 nitrogen and oxygen atoms in total. The molecule has 9 heteroatoms. The van der Waals surface area contributed by atoms with Crippen molar-refractivity contribution in [2.45, 2.75) is 40.5 Å². The molecule has 1 aliphatic heterocycles. The van der Waals surface area contributed by atoms with Gasteiger partial charge in [-0.25, -0.2) is 15.0 Å². The number of fused-ring (bicyclic) bond motifs is 1. The highest BCUT2D eigenvalue weighted by molar-refractivity contribution is 7.13. The molecule has 164 valence electrons. The first kappa shape index (κ1) is 23.9. The number of carbonyl (C=O) groups is 2. The normalized spacial score (nSPS) is 11.4. The van der Waals surface area contributed by atoms with Crippen LogP contribution >= 0.6 is 11.3 Å². The maximum Gasteiger partial charge on any atom is 0.267 e. The zero-order valence-electron chi connectivity index (χ0n) is 18.2. The molecule has 0 unspecified atom stereocenters. The maximum atomic E-state index is 12.3. The third-order valence-electron chi connectivity index (χ3n) is 3.99. The van der Waals surface area contributed by atoms with Crippen LogP contribution in [-0.2, 0) is 17.6 Å². The molecular weight excluding hydrogens is 412 g/mol. The average Bonchev–Trinajstić information content (AvgIpc) is 3.30. The van der Waals surface area contributed by atoms with Crippen LogP contribution in [-0.4, -0.2) is 33.3 Å². The number of hydrogen-bond acceptors (Lipinski definition) is 7. The molecular formula is C22H28N6O2S. The van der Waals surface area contributed by atoms with Crippen LogP contribution in [0.3, 0.4) is 0 Å². The molecule has 1 aliphatic rings. The van der Waals surface area contributed by atoms with Crippen LogP contribution in [0.1, 0.15) is 48.1 Å². The van der Waals surface area contributed by atoms with Gasteiger partial charge in [0.15, 0.2) is 5.82 Å². The molecule has 0 saturated carbocycles. The van der Waals surface area contributed by atoms with Crippen molar-refractivity contribution < 1.29 is 9.59 Å². The van der Waals surface area contributed by atoms with Gasteiger partial charge in [0.05, 0.1) is 29.1 Å². The number of nitrogens with one attached hydrogen (secondary N) is 3. The maximum absolute atomic E-state index is 12.3. The lowest BCUT2D eigenvalue weighted by Gasteiger charge is -2.19. The highest BCUT2D eigenvalue weighted by Crippen LogP contribution is 2.26. The van der Waals surface area contributed by atoms with E-state index in [9.17, 15) is 9.59 Å². The minimum Gasteiger partial charge on any atom is -0.372 e. The van der Waals surface area contributed by atoms with Crippen molar-refractivity contribution in [3.63, 3.8) is 0 Å². The molecule has 0 radical (unpaired) electrons. The molecule has 0 atom stereocenters. The molecule has 31 heavy (non-hydrogen) atoms. The van der Waals surface area contributed by atoms with Crippen molar-refractivity contribution in [1.29, 1.82) is 0 Å². The molecule has 2 amide bonds. The molecule has 0 spiro atoms. The Morgan fingerprint density at radius 2 is 1.81 bits per heavy atom. The van der Waals surface area contributed by atoms with Crippen LogP contribution in [0.15, 0.2) is 42.9 Å². The van der Waals surface area contributed by atoms with E-state index in [1.807, 2.05) is 58.0 Å². The summed E-state index contributed by atoms with van der Waals surface area (Å²) in [6.07, 6.45) is 4.29. The van der Waals surface area contributed by atoms with Crippen LogP contribution in [0.2, 0.25) is 0 Å². The predicted octanol–water partition coefficient (Wildman–Crippen LogP) is 4.39. The third kappa shape index (κ3) is 6.58. The fourth-order valence-electron chi connectivity index (χ4n) is 2.71. The summed E-state index contributed by atoms with van der Waals surface area (Å²) in [7, 11) is 0. The van der Waals surface area contributed by atoms with E-state index < -0.39 is 0 Å². The minimum atomic E-state index is -0.172. The van der Waals surface area contributed by atoms with Gasteiger partial charge in [0.1, 0.15) is 11.2 Å². The second-order valence-electron chi connectivity index (χ2n) is 5.88. The summed E-state index contributed by atoms with van der Waals surface area (Å²) in [5.74, 6) is 0.202. The van der Waals surface area contributed by atoms with Gasteiger partial charge in [-0.15, -0.1) is 11.3 Å². The van der Waals surface area contributed by atoms with Gasteiger partial charge < -0.3 is 16.0 Å². The van der Waals surface area contributed by atoms with Crippen LogP contribution < -0.4 is 16.0 Å². The fraction of sp³-hybridized carbons (Fsp3) is 0.318. The summed E-state index contributed by atoms with van der Waals surface area (Å²) in [5, 5.41) is 9.47. The van der Waals surface area contributed by atoms with Crippen LogP contribution in [0.25, 0.3) is 0 Å². The Bertz CT molecular complexity index is 991. The first-order valence-corrected chi connectivity index (χ1v) is 11.2. The number of rotatable bonds is 5. The number of carbonyl (C=O) groups excluding carboxylic acids is 2. The number of para-hydroxylation sites is 1. The van der Waals surface area contributed by atoms with E-state index in [0.29, 0.717) is 23.5 Å². The Balaban J connectivity index is 0.000000807. The Morgan fingerprint density at radius 1 is 1.06 bits per heavy atom. The number of benzene rings is 1. The number of thiazole rings is 1. The second kappa shape index (κ2) is 12.4. The summed E-state index contributed by atoms with van der Waals surface area (Å²) >= 11 is 1.36. The van der Waals surface area contributed by atoms with Gasteiger partial charge in [-0.1, -0.05) is 45.9 Å². The van der Waals surface area contributed by atoms with Crippen LogP contribution in [0.4, 0.5) is 17.2 Å². The lowest BCUT2D eigenvalue weighted by Crippen LogP contribution is -2.29. The molecule has 0 bridgehead atoms. The summed E-state index contributed by atoms with van der Waals surface area (Å²) in [5.41, 5.74) is 2.30. The smallest absolute Gasteiger partial charge is 0.267 e. The number of aromatic nitrogens is 3. The molecule has 3 aromatic rings. The van der Waals surface area contributed by atoms with Gasteiger partial charge in [-0.2, -0.15) is 0 Å². The summed E-state index contributed by atoms with van der Waals surface area (Å²) < 4.78 is 0. The molecule has 3 N–H and O–H groups in total. The number of nitrogens with zero attached hydrogens (tertiary/aromatic N) is 3. The van der Waals surface area contributed by atoms with Crippen LogP contribution in [0, 0.1) is 0 Å². The zero-order chi connectivity index (χ0) is 22.6. The van der Waals surface area contributed by atoms with Crippen LogP contribution in [0.5, 0.6) is 0 Å². The molecule has 4 rings (SSSR count). The highest BCUT2D eigenvalue weighted by Gasteiger charge is 2.19. The summed E-state index contributed by atoms with van der Waals surface area (Å²) in [4.78, 5) is 37.0. The van der Waals surface area contributed by atoms with Gasteiger partial charge >= 0.3 is 0 Å². The van der Waals surface area contributed by atoms with Gasteiger partial charge in [0.25, 0.3) is 5.91 Å². The standard InChI is InChI=1S/C18H16N6O2S.2C2H6/c25-14-9-20-16-12(21-10-22-17(16)24-14)6-7-15-19-8-13(27-15)18(26)23-11-4-2-1-3-5-11;2*1-2/h1-5,8,10,20H,6-7,9H2,(H,23,26)(H,21,22,24,25);2*1-2H3. The first-order chi connectivity index (χ1) is 15.2. The van der Waals surface area contributed by atoms with Crippen molar-refractivity contribution in [2.24, 2.45) is 0 Å². The van der Waals surface area contributed by atoms with Crippen molar-refractivity contribution >= 4 is 40.3 Å². The Morgan fingerprint density at radius 3 is 2.55 bits per heavy atom. The molecule has 0 aliphatic carbocycles. The van der Waals surface area contributed by atoms with E-state index in [2.05, 4.69) is 30.9 Å². The van der Waals surface area contributed by atoms with Gasteiger partial charge in [-0.05, 0) is 18.6 Å². The van der Waals surface area contributed by atoms with Crippen molar-refractivity contribution in [1.82, 2.24) is 15.0 Å². The van der Waals surface area contributed by atoms with E-state index in [1.54, 1.807) is 6.20 Å². The van der Waals surface area contributed by atoms with Gasteiger partial charge in [-0.3, -0.25) is 9.59 Å². The van der Waals surface area contributed by atoms with E-state index in [0.717, 1.165) is 22.1 Å². The minimum absolute atomic E-state index is 0.124. The second-order valence-corrected chi connectivity index (χ2v) is 7.00. The lowest BCUT2D eigenvalue weighted by molar-refractivity contribution is -0.114. The quantitative estimate of drug-likeness (QED) is 0.543. The number of amides is 2. The van der Waals surface area contributed by atoms with E-state index in [-0.39, 0.29) is 18.4 Å². The van der Waals surface area contributed by atoms with E-state index >= 15 is 0 Å². The van der Waals surface area contributed by atoms with E-state index in [1.165, 1.54) is 17.7 Å². The monoisotopic (exact) mass is 440 g/mol. The topological polar surface area (TPSA) is 109 Å². The Kier molecular flexibility index (Phi) is 9.57. The van der Waals surface area contributed by atoms with Crippen molar-refractivity contribution in [3.8, 4) is 0 Å². The molecule has 0 saturated heterocycles. The third-order valence-corrected chi connectivity index (χ3v) is 5.05. The molecule has 3 heterocycles. The van der Waals surface area contributed by atoms with E-state index in [4.69, 9.17) is 0 Å². The van der Waals surface area contributed by atoms with Crippen molar-refractivity contribution in [3.05, 3.63) is 58.4 Å². The Labute approximate surface area is 186 Å². The first-order valence-electron chi connectivity index (χ1n) is 10.4. The lowest BCUT2D eigenvalue weighted by atomic mass is 10.2. The molecule has 2 aromatic heterocycles. The highest BCUT2D eigenvalue weighted by atomic mass is 32.1.